The number of allylic oxidation sites excluding steroid dienone is 20. The summed E-state index contributed by atoms with van der Waals surface area (Å²) in [5, 5.41) is 0. The summed E-state index contributed by atoms with van der Waals surface area (Å²) in [5.74, 6) is -1.04. The maximum absolute atomic E-state index is 12.8. The molecule has 0 radical (unpaired) electrons. The average molecular weight is 843 g/mol. The van der Waals surface area contributed by atoms with Crippen LogP contribution in [0.3, 0.4) is 0 Å². The summed E-state index contributed by atoms with van der Waals surface area (Å²) in [6.07, 6.45) is 66.2. The Hall–Kier alpha value is -4.19. The van der Waals surface area contributed by atoms with Gasteiger partial charge < -0.3 is 14.2 Å². The van der Waals surface area contributed by atoms with E-state index in [0.717, 1.165) is 116 Å². The highest BCUT2D eigenvalue weighted by molar-refractivity contribution is 5.71. The number of ether oxygens (including phenoxy) is 3. The lowest BCUT2D eigenvalue weighted by atomic mass is 10.1. The van der Waals surface area contributed by atoms with Gasteiger partial charge in [-0.2, -0.15) is 0 Å². The van der Waals surface area contributed by atoms with Crippen LogP contribution in [0.1, 0.15) is 188 Å². The lowest BCUT2D eigenvalue weighted by Gasteiger charge is -2.18. The number of hydrogen-bond acceptors (Lipinski definition) is 6. The average Bonchev–Trinajstić information content (AvgIpc) is 3.26. The first kappa shape index (κ1) is 56.8. The summed E-state index contributed by atoms with van der Waals surface area (Å²) in [5.41, 5.74) is 0. The summed E-state index contributed by atoms with van der Waals surface area (Å²) in [6.45, 7) is 6.17. The van der Waals surface area contributed by atoms with E-state index in [9.17, 15) is 14.4 Å². The quantitative estimate of drug-likeness (QED) is 0.0201. The second kappa shape index (κ2) is 48.5. The van der Waals surface area contributed by atoms with Gasteiger partial charge in [-0.05, 0) is 96.3 Å². The molecule has 0 saturated heterocycles. The molecule has 0 saturated carbocycles. The van der Waals surface area contributed by atoms with Gasteiger partial charge in [0.1, 0.15) is 13.2 Å². The Morgan fingerprint density at radius 2 is 0.705 bits per heavy atom. The molecule has 61 heavy (non-hydrogen) atoms. The van der Waals surface area contributed by atoms with Gasteiger partial charge in [-0.3, -0.25) is 14.4 Å². The molecule has 0 bridgehead atoms. The highest BCUT2D eigenvalue weighted by Gasteiger charge is 2.19. The maximum Gasteiger partial charge on any atom is 0.306 e. The highest BCUT2D eigenvalue weighted by Crippen LogP contribution is 2.13. The lowest BCUT2D eigenvalue weighted by Crippen LogP contribution is -2.30. The zero-order chi connectivity index (χ0) is 44.4. The van der Waals surface area contributed by atoms with E-state index in [4.69, 9.17) is 14.2 Å². The molecule has 0 N–H and O–H groups in total. The van der Waals surface area contributed by atoms with Crippen LogP contribution in [0.5, 0.6) is 0 Å². The van der Waals surface area contributed by atoms with Crippen molar-refractivity contribution in [3.05, 3.63) is 122 Å². The van der Waals surface area contributed by atoms with Crippen molar-refractivity contribution in [1.82, 2.24) is 0 Å². The van der Waals surface area contributed by atoms with Crippen LogP contribution >= 0.6 is 0 Å². The third kappa shape index (κ3) is 46.7. The van der Waals surface area contributed by atoms with Gasteiger partial charge in [0.05, 0.1) is 0 Å². The van der Waals surface area contributed by atoms with Crippen molar-refractivity contribution in [3.63, 3.8) is 0 Å². The molecule has 6 heteroatoms. The summed E-state index contributed by atoms with van der Waals surface area (Å²) in [4.78, 5) is 37.9. The largest absolute Gasteiger partial charge is 0.462 e. The Morgan fingerprint density at radius 3 is 1.20 bits per heavy atom. The molecule has 1 unspecified atom stereocenters. The van der Waals surface area contributed by atoms with Crippen LogP contribution in [-0.4, -0.2) is 37.2 Å². The van der Waals surface area contributed by atoms with Gasteiger partial charge in [0.25, 0.3) is 0 Å². The first-order valence-corrected chi connectivity index (χ1v) is 24.1. The Bertz CT molecular complexity index is 1340. The molecule has 6 nitrogen and oxygen atoms in total. The van der Waals surface area contributed by atoms with Crippen LogP contribution in [0.15, 0.2) is 122 Å². The molecule has 0 heterocycles. The normalized spacial score (nSPS) is 13.2. The number of carbonyl (C=O) groups is 3. The van der Waals surface area contributed by atoms with Crippen molar-refractivity contribution in [2.24, 2.45) is 0 Å². The zero-order valence-electron chi connectivity index (χ0n) is 38.9. The summed E-state index contributed by atoms with van der Waals surface area (Å²) in [7, 11) is 0. The number of carbonyl (C=O) groups excluding carboxylic acids is 3. The summed E-state index contributed by atoms with van der Waals surface area (Å²) >= 11 is 0. The summed E-state index contributed by atoms with van der Waals surface area (Å²) in [6, 6.07) is 0. The van der Waals surface area contributed by atoms with Gasteiger partial charge in [-0.25, -0.2) is 0 Å². The van der Waals surface area contributed by atoms with Crippen molar-refractivity contribution < 1.29 is 28.6 Å². The predicted octanol–water partition coefficient (Wildman–Crippen LogP) is 15.7. The zero-order valence-corrected chi connectivity index (χ0v) is 38.9. The smallest absolute Gasteiger partial charge is 0.306 e. The van der Waals surface area contributed by atoms with Crippen molar-refractivity contribution in [2.45, 2.75) is 194 Å². The van der Waals surface area contributed by atoms with Crippen LogP contribution in [0.4, 0.5) is 0 Å². The monoisotopic (exact) mass is 843 g/mol. The number of hydrogen-bond donors (Lipinski definition) is 0. The third-order valence-corrected chi connectivity index (χ3v) is 9.52. The Kier molecular flexibility index (Phi) is 45.1. The fourth-order valence-corrected chi connectivity index (χ4v) is 6.00. The van der Waals surface area contributed by atoms with Crippen molar-refractivity contribution >= 4 is 17.9 Å². The number of rotatable bonds is 41. The Labute approximate surface area is 373 Å². The molecular formula is C55H86O6. The van der Waals surface area contributed by atoms with Gasteiger partial charge in [0.15, 0.2) is 6.10 Å². The van der Waals surface area contributed by atoms with Crippen LogP contribution in [0.2, 0.25) is 0 Å². The molecule has 0 aliphatic rings. The SMILES string of the molecule is CC/C=C/C=C/C=C/CCCCCCCC(=O)OCC(COC(=O)CC/C=C/C/C=C/C/C=C/C/C=C/C/C=C/CC)OC(=O)CCCCCCCCC/C=C/C/C=C/CC. The van der Waals surface area contributed by atoms with Gasteiger partial charge in [0.2, 0.25) is 0 Å². The second-order valence-corrected chi connectivity index (χ2v) is 15.3. The highest BCUT2D eigenvalue weighted by atomic mass is 16.6. The van der Waals surface area contributed by atoms with Crippen molar-refractivity contribution in [1.29, 1.82) is 0 Å². The van der Waals surface area contributed by atoms with Gasteiger partial charge in [-0.1, -0.05) is 194 Å². The fraction of sp³-hybridized carbons (Fsp3) is 0.582. The van der Waals surface area contributed by atoms with E-state index in [2.05, 4.69) is 124 Å². The lowest BCUT2D eigenvalue weighted by molar-refractivity contribution is -0.166. The maximum atomic E-state index is 12.8. The molecule has 0 aromatic heterocycles. The van der Waals surface area contributed by atoms with E-state index in [1.807, 2.05) is 18.2 Å². The fourth-order valence-electron chi connectivity index (χ4n) is 6.00. The third-order valence-electron chi connectivity index (χ3n) is 9.52. The van der Waals surface area contributed by atoms with E-state index < -0.39 is 6.10 Å². The van der Waals surface area contributed by atoms with Crippen molar-refractivity contribution in [2.75, 3.05) is 13.2 Å². The molecule has 0 aliphatic heterocycles. The van der Waals surface area contributed by atoms with Crippen LogP contribution < -0.4 is 0 Å². The Morgan fingerprint density at radius 1 is 0.344 bits per heavy atom. The predicted molar refractivity (Wildman–Crippen MR) is 260 cm³/mol. The molecule has 342 valence electrons. The second-order valence-electron chi connectivity index (χ2n) is 15.3. The topological polar surface area (TPSA) is 78.9 Å². The molecule has 0 fully saturated rings. The minimum atomic E-state index is -0.823. The van der Waals surface area contributed by atoms with E-state index in [-0.39, 0.29) is 37.5 Å². The van der Waals surface area contributed by atoms with Gasteiger partial charge in [-0.15, -0.1) is 0 Å². The Balaban J connectivity index is 4.56. The van der Waals surface area contributed by atoms with Crippen molar-refractivity contribution in [3.8, 4) is 0 Å². The molecule has 0 aromatic carbocycles. The molecule has 0 aromatic rings. The summed E-state index contributed by atoms with van der Waals surface area (Å²) < 4.78 is 16.7. The van der Waals surface area contributed by atoms with Crippen LogP contribution in [0, 0.1) is 0 Å². The van der Waals surface area contributed by atoms with Crippen LogP contribution in [-0.2, 0) is 28.6 Å². The van der Waals surface area contributed by atoms with Gasteiger partial charge >= 0.3 is 17.9 Å². The molecule has 0 amide bonds. The molecule has 0 rings (SSSR count). The first-order valence-electron chi connectivity index (χ1n) is 24.1. The molecule has 1 atom stereocenters. The van der Waals surface area contributed by atoms with Crippen LogP contribution in [0.25, 0.3) is 0 Å². The number of unbranched alkanes of at least 4 members (excludes halogenated alkanes) is 12. The standard InChI is InChI=1S/C55H86O6/c1-4-7-10-13-16-19-22-25-27-28-31-33-36-39-42-45-48-54(57)60-51-52(50-59-53(56)47-44-41-38-35-32-29-24-21-18-15-12-9-6-3)61-55(58)49-46-43-40-37-34-30-26-23-20-17-14-11-8-5-2/h7-12,15-21,24-25,27,31,33,39,42,52H,4-6,13-14,22-23,26,28-30,32,34-38,40-41,43-51H2,1-3H3/b10-7+,11-8+,12-9+,18-15+,19-16+,20-17+,24-21+,27-25+,33-31+,42-39+. The van der Waals surface area contributed by atoms with E-state index in [0.29, 0.717) is 19.3 Å². The van der Waals surface area contributed by atoms with E-state index in [1.165, 1.54) is 25.7 Å². The molecule has 0 aliphatic carbocycles. The first-order chi connectivity index (χ1) is 30.0. The van der Waals surface area contributed by atoms with Gasteiger partial charge in [0, 0.05) is 19.3 Å². The minimum Gasteiger partial charge on any atom is -0.462 e. The molecular weight excluding hydrogens is 757 g/mol. The number of esters is 3. The van der Waals surface area contributed by atoms with E-state index >= 15 is 0 Å². The van der Waals surface area contributed by atoms with E-state index in [1.54, 1.807) is 0 Å². The minimum absolute atomic E-state index is 0.119. The molecule has 0 spiro atoms.